The van der Waals surface area contributed by atoms with Gasteiger partial charge in [-0.25, -0.2) is 0 Å². The van der Waals surface area contributed by atoms with Gasteiger partial charge >= 0.3 is 45.5 Å². The van der Waals surface area contributed by atoms with E-state index in [0.717, 1.165) is 6.42 Å². The Bertz CT molecular complexity index is 21.7. The van der Waals surface area contributed by atoms with Crippen LogP contribution in [0.25, 0.3) is 0 Å². The van der Waals surface area contributed by atoms with Gasteiger partial charge in [-0.05, 0) is 6.42 Å². The molecular formula is C4H12O2Sr. The fourth-order valence-electron chi connectivity index (χ4n) is 0.209. The van der Waals surface area contributed by atoms with Crippen LogP contribution in [0.1, 0.15) is 6.42 Å². The van der Waals surface area contributed by atoms with E-state index in [-0.39, 0.29) is 52.1 Å². The Morgan fingerprint density at radius 3 is 2.29 bits per heavy atom. The maximum atomic E-state index is 8.12. The average molecular weight is 180 g/mol. The molecule has 0 radical (unpaired) electrons. The number of aliphatic hydroxyl groups is 1. The van der Waals surface area contributed by atoms with Gasteiger partial charge in [0, 0.05) is 20.3 Å². The number of ether oxygens (including phenoxy) is 1. The van der Waals surface area contributed by atoms with Crippen LogP contribution in [-0.4, -0.2) is 70.9 Å². The third kappa shape index (κ3) is 11.1. The molecule has 1 N–H and O–H groups in total. The molecule has 7 heavy (non-hydrogen) atoms. The Balaban J connectivity index is 0. The Labute approximate surface area is 81.1 Å². The summed E-state index contributed by atoms with van der Waals surface area (Å²) in [6.45, 7) is 0.893. The Morgan fingerprint density at radius 1 is 1.57 bits per heavy atom. The molecule has 0 aliphatic heterocycles. The van der Waals surface area contributed by atoms with Gasteiger partial charge in [-0.2, -0.15) is 0 Å². The zero-order valence-electron chi connectivity index (χ0n) is 3.98. The second kappa shape index (κ2) is 10.4. The van der Waals surface area contributed by atoms with Crippen molar-refractivity contribution in [2.75, 3.05) is 20.3 Å². The summed E-state index contributed by atoms with van der Waals surface area (Å²) in [5.74, 6) is 0. The average Bonchev–Trinajstić information content (AvgIpc) is 1.61. The van der Waals surface area contributed by atoms with Crippen LogP contribution in [0.3, 0.4) is 0 Å². The first-order valence-electron chi connectivity index (χ1n) is 2.01. The molecule has 0 aromatic carbocycles. The van der Waals surface area contributed by atoms with E-state index in [4.69, 9.17) is 5.11 Å². The van der Waals surface area contributed by atoms with Crippen LogP contribution in [0, 0.1) is 0 Å². The van der Waals surface area contributed by atoms with Crippen molar-refractivity contribution in [3.8, 4) is 0 Å². The van der Waals surface area contributed by atoms with Gasteiger partial charge in [-0.15, -0.1) is 0 Å². The Morgan fingerprint density at radius 2 is 2.14 bits per heavy atom. The predicted molar refractivity (Wildman–Crippen MR) is 32.1 cm³/mol. The van der Waals surface area contributed by atoms with Crippen LogP contribution < -0.4 is 0 Å². The first kappa shape index (κ1) is 11.2. The number of rotatable bonds is 3. The first-order chi connectivity index (χ1) is 2.91. The molecule has 0 aromatic rings. The zero-order valence-corrected chi connectivity index (χ0v) is 3.98. The summed E-state index contributed by atoms with van der Waals surface area (Å²) < 4.78 is 4.62. The Hall–Kier alpha value is 1.40. The SMILES string of the molecule is COCCCO.[SrH2]. The molecule has 0 atom stereocenters. The van der Waals surface area contributed by atoms with Crippen molar-refractivity contribution < 1.29 is 9.84 Å². The molecular weight excluding hydrogens is 168 g/mol. The molecule has 0 amide bonds. The fraction of sp³-hybridized carbons (Fsp3) is 1.00. The number of aliphatic hydroxyl groups excluding tert-OH is 1. The van der Waals surface area contributed by atoms with Gasteiger partial charge in [0.1, 0.15) is 0 Å². The molecule has 0 saturated carbocycles. The summed E-state index contributed by atoms with van der Waals surface area (Å²) in [5.41, 5.74) is 0. The van der Waals surface area contributed by atoms with Crippen LogP contribution in [0.2, 0.25) is 0 Å². The molecule has 0 saturated heterocycles. The van der Waals surface area contributed by atoms with Crippen LogP contribution in [0.15, 0.2) is 0 Å². The molecule has 0 heterocycles. The van der Waals surface area contributed by atoms with Crippen LogP contribution in [0.5, 0.6) is 0 Å². The number of hydrogen-bond acceptors (Lipinski definition) is 2. The van der Waals surface area contributed by atoms with E-state index in [2.05, 4.69) is 4.74 Å². The van der Waals surface area contributed by atoms with Gasteiger partial charge in [0.25, 0.3) is 0 Å². The van der Waals surface area contributed by atoms with Crippen LogP contribution >= 0.6 is 0 Å². The molecule has 42 valence electrons. The van der Waals surface area contributed by atoms with Crippen molar-refractivity contribution in [2.24, 2.45) is 0 Å². The summed E-state index contributed by atoms with van der Waals surface area (Å²) in [7, 11) is 1.62. The monoisotopic (exact) mass is 180 g/mol. The van der Waals surface area contributed by atoms with Gasteiger partial charge in [-0.1, -0.05) is 0 Å². The van der Waals surface area contributed by atoms with Crippen molar-refractivity contribution in [3.63, 3.8) is 0 Å². The molecule has 2 nitrogen and oxygen atoms in total. The molecule has 0 spiro atoms. The summed E-state index contributed by atoms with van der Waals surface area (Å²) in [6.07, 6.45) is 0.747. The minimum absolute atomic E-state index is 0. The third-order valence-corrected chi connectivity index (χ3v) is 0.507. The van der Waals surface area contributed by atoms with Gasteiger partial charge in [0.05, 0.1) is 0 Å². The van der Waals surface area contributed by atoms with E-state index < -0.39 is 0 Å². The van der Waals surface area contributed by atoms with Gasteiger partial charge in [0.15, 0.2) is 0 Å². The first-order valence-corrected chi connectivity index (χ1v) is 2.01. The molecule has 0 fully saturated rings. The van der Waals surface area contributed by atoms with Crippen molar-refractivity contribution in [1.82, 2.24) is 0 Å². The second-order valence-corrected chi connectivity index (χ2v) is 1.07. The predicted octanol–water partition coefficient (Wildman–Crippen LogP) is -0.901. The summed E-state index contributed by atoms with van der Waals surface area (Å²) in [6, 6.07) is 0. The van der Waals surface area contributed by atoms with Gasteiger partial charge in [0.2, 0.25) is 0 Å². The van der Waals surface area contributed by atoms with Crippen molar-refractivity contribution in [2.45, 2.75) is 6.42 Å². The van der Waals surface area contributed by atoms with Crippen LogP contribution in [-0.2, 0) is 4.74 Å². The van der Waals surface area contributed by atoms with E-state index in [1.807, 2.05) is 0 Å². The molecule has 3 heteroatoms. The van der Waals surface area contributed by atoms with Crippen LogP contribution in [0.4, 0.5) is 0 Å². The molecule has 0 unspecified atom stereocenters. The standard InChI is InChI=1S/C4H10O2.Sr.2H/c1-6-4-2-3-5;;;/h5H,2-4H2,1H3;;;. The fourth-order valence-corrected chi connectivity index (χ4v) is 0.209. The summed E-state index contributed by atoms with van der Waals surface area (Å²) in [4.78, 5) is 0. The topological polar surface area (TPSA) is 29.5 Å². The molecule has 0 aliphatic rings. The second-order valence-electron chi connectivity index (χ2n) is 1.07. The summed E-state index contributed by atoms with van der Waals surface area (Å²) >= 11 is 0. The molecule has 0 aromatic heterocycles. The molecule has 0 aliphatic carbocycles. The number of methoxy groups -OCH3 is 1. The molecule has 0 rings (SSSR count). The zero-order chi connectivity index (χ0) is 4.83. The van der Waals surface area contributed by atoms with Crippen molar-refractivity contribution >= 4 is 45.5 Å². The van der Waals surface area contributed by atoms with Crippen molar-refractivity contribution in [1.29, 1.82) is 0 Å². The van der Waals surface area contributed by atoms with E-state index in [1.165, 1.54) is 0 Å². The summed E-state index contributed by atoms with van der Waals surface area (Å²) in [5, 5.41) is 8.12. The maximum absolute atomic E-state index is 8.12. The normalized spacial score (nSPS) is 7.71. The quantitative estimate of drug-likeness (QED) is 0.450. The van der Waals surface area contributed by atoms with E-state index >= 15 is 0 Å². The van der Waals surface area contributed by atoms with E-state index in [0.29, 0.717) is 6.61 Å². The third-order valence-electron chi connectivity index (χ3n) is 0.507. The van der Waals surface area contributed by atoms with Crippen molar-refractivity contribution in [3.05, 3.63) is 0 Å². The number of hydrogen-bond donors (Lipinski definition) is 1. The van der Waals surface area contributed by atoms with E-state index in [1.54, 1.807) is 7.11 Å². The Kier molecular flexibility index (Phi) is 16.7. The van der Waals surface area contributed by atoms with E-state index in [9.17, 15) is 0 Å². The van der Waals surface area contributed by atoms with Gasteiger partial charge < -0.3 is 9.84 Å². The van der Waals surface area contributed by atoms with Gasteiger partial charge in [-0.3, -0.25) is 0 Å². The minimum atomic E-state index is 0. The molecule has 0 bridgehead atoms.